The SMILES string of the molecule is COC1(COCc2ccccc2)CC2OC(=O)OC2C(C2COC(C)(C)O2)O1. The van der Waals surface area contributed by atoms with Crippen LogP contribution in [0.3, 0.4) is 0 Å². The minimum atomic E-state index is -1.08. The van der Waals surface area contributed by atoms with Crippen molar-refractivity contribution >= 4 is 6.16 Å². The Kier molecular flexibility index (Phi) is 5.32. The Bertz CT molecular complexity index is 693. The van der Waals surface area contributed by atoms with Crippen LogP contribution in [0.5, 0.6) is 0 Å². The zero-order valence-electron chi connectivity index (χ0n) is 16.3. The van der Waals surface area contributed by atoms with E-state index >= 15 is 0 Å². The molecule has 3 aliphatic rings. The Labute approximate surface area is 163 Å². The second-order valence-corrected chi connectivity index (χ2v) is 7.74. The number of methoxy groups -OCH3 is 1. The lowest BCUT2D eigenvalue weighted by Gasteiger charge is -2.44. The van der Waals surface area contributed by atoms with Crippen molar-refractivity contribution in [2.24, 2.45) is 0 Å². The average Bonchev–Trinajstić information content (AvgIpc) is 3.22. The van der Waals surface area contributed by atoms with Crippen molar-refractivity contribution in [1.82, 2.24) is 0 Å². The van der Waals surface area contributed by atoms with E-state index in [9.17, 15) is 4.79 Å². The third-order valence-corrected chi connectivity index (χ3v) is 5.24. The van der Waals surface area contributed by atoms with Crippen LogP contribution in [0, 0.1) is 0 Å². The first-order chi connectivity index (χ1) is 13.4. The third kappa shape index (κ3) is 4.01. The standard InChI is InChI=1S/C20H26O8/c1-19(2)24-11-15(27-19)17-16-14(25-18(21)26-16)9-20(22-3,28-17)12-23-10-13-7-5-4-6-8-13/h4-8,14-17H,9-12H2,1-3H3. The Morgan fingerprint density at radius 1 is 1.07 bits per heavy atom. The summed E-state index contributed by atoms with van der Waals surface area (Å²) in [7, 11) is 1.55. The minimum absolute atomic E-state index is 0.173. The molecule has 28 heavy (non-hydrogen) atoms. The van der Waals surface area contributed by atoms with Crippen molar-refractivity contribution in [3.05, 3.63) is 35.9 Å². The third-order valence-electron chi connectivity index (χ3n) is 5.24. The van der Waals surface area contributed by atoms with Crippen LogP contribution in [-0.4, -0.2) is 62.5 Å². The van der Waals surface area contributed by atoms with Crippen molar-refractivity contribution in [3.8, 4) is 0 Å². The van der Waals surface area contributed by atoms with Crippen LogP contribution in [-0.2, 0) is 39.8 Å². The van der Waals surface area contributed by atoms with Crippen molar-refractivity contribution in [1.29, 1.82) is 0 Å². The fourth-order valence-corrected chi connectivity index (χ4v) is 3.86. The number of hydrogen-bond acceptors (Lipinski definition) is 8. The summed E-state index contributed by atoms with van der Waals surface area (Å²) in [6.45, 7) is 4.57. The quantitative estimate of drug-likeness (QED) is 0.681. The molecule has 3 fully saturated rings. The number of ether oxygens (including phenoxy) is 7. The number of hydrogen-bond donors (Lipinski definition) is 0. The summed E-state index contributed by atoms with van der Waals surface area (Å²) in [6, 6.07) is 9.83. The number of fused-ring (bicyclic) bond motifs is 1. The largest absolute Gasteiger partial charge is 0.509 e. The molecule has 154 valence electrons. The normalized spacial score (nSPS) is 36.6. The topological polar surface area (TPSA) is 81.7 Å². The molecule has 5 unspecified atom stereocenters. The highest BCUT2D eigenvalue weighted by Gasteiger charge is 2.58. The Balaban J connectivity index is 1.48. The van der Waals surface area contributed by atoms with Gasteiger partial charge in [0, 0.05) is 13.5 Å². The van der Waals surface area contributed by atoms with Gasteiger partial charge in [0.15, 0.2) is 23.8 Å². The lowest BCUT2D eigenvalue weighted by Crippen LogP contribution is -2.60. The highest BCUT2D eigenvalue weighted by molar-refractivity contribution is 5.62. The van der Waals surface area contributed by atoms with Crippen LogP contribution >= 0.6 is 0 Å². The van der Waals surface area contributed by atoms with Crippen LogP contribution < -0.4 is 0 Å². The zero-order valence-corrected chi connectivity index (χ0v) is 16.3. The summed E-state index contributed by atoms with van der Waals surface area (Å²) in [5, 5.41) is 0. The summed E-state index contributed by atoms with van der Waals surface area (Å²) in [5.74, 6) is -1.81. The molecule has 0 amide bonds. The number of carbonyl (C=O) groups excluding carboxylic acids is 1. The van der Waals surface area contributed by atoms with Crippen LogP contribution in [0.2, 0.25) is 0 Å². The number of benzene rings is 1. The van der Waals surface area contributed by atoms with Crippen molar-refractivity contribution < 1.29 is 38.0 Å². The molecule has 8 heteroatoms. The van der Waals surface area contributed by atoms with Crippen molar-refractivity contribution in [3.63, 3.8) is 0 Å². The van der Waals surface area contributed by atoms with E-state index in [4.69, 9.17) is 33.2 Å². The number of rotatable bonds is 6. The first-order valence-corrected chi connectivity index (χ1v) is 9.43. The van der Waals surface area contributed by atoms with Crippen LogP contribution in [0.1, 0.15) is 25.8 Å². The Morgan fingerprint density at radius 2 is 1.86 bits per heavy atom. The van der Waals surface area contributed by atoms with Gasteiger partial charge in [0.2, 0.25) is 0 Å². The predicted octanol–water partition coefficient (Wildman–Crippen LogP) is 2.39. The molecule has 5 atom stereocenters. The van der Waals surface area contributed by atoms with Crippen molar-refractivity contribution in [2.75, 3.05) is 20.3 Å². The molecule has 1 aromatic carbocycles. The Morgan fingerprint density at radius 3 is 2.54 bits per heavy atom. The predicted molar refractivity (Wildman–Crippen MR) is 95.4 cm³/mol. The molecule has 0 aromatic heterocycles. The molecule has 8 nitrogen and oxygen atoms in total. The van der Waals surface area contributed by atoms with E-state index in [2.05, 4.69) is 0 Å². The molecular weight excluding hydrogens is 368 g/mol. The van der Waals surface area contributed by atoms with Gasteiger partial charge in [-0.05, 0) is 19.4 Å². The minimum Gasteiger partial charge on any atom is -0.427 e. The van der Waals surface area contributed by atoms with Crippen LogP contribution in [0.25, 0.3) is 0 Å². The van der Waals surface area contributed by atoms with Gasteiger partial charge in [0.25, 0.3) is 0 Å². The van der Waals surface area contributed by atoms with Gasteiger partial charge in [-0.3, -0.25) is 0 Å². The maximum Gasteiger partial charge on any atom is 0.509 e. The molecule has 1 aromatic rings. The maximum absolute atomic E-state index is 11.8. The highest BCUT2D eigenvalue weighted by atomic mass is 16.8. The Hall–Kier alpha value is -1.71. The maximum atomic E-state index is 11.8. The molecule has 3 saturated heterocycles. The molecule has 0 bridgehead atoms. The van der Waals surface area contributed by atoms with Crippen molar-refractivity contribution in [2.45, 2.75) is 62.9 Å². The molecule has 3 aliphatic heterocycles. The summed E-state index contributed by atoms with van der Waals surface area (Å²) >= 11 is 0. The van der Waals surface area contributed by atoms with Gasteiger partial charge >= 0.3 is 6.16 Å². The summed E-state index contributed by atoms with van der Waals surface area (Å²) in [6.07, 6.45) is -2.49. The molecule has 0 saturated carbocycles. The lowest BCUT2D eigenvalue weighted by molar-refractivity contribution is -0.328. The fraction of sp³-hybridized carbons (Fsp3) is 0.650. The van der Waals surface area contributed by atoms with Crippen LogP contribution in [0.15, 0.2) is 30.3 Å². The van der Waals surface area contributed by atoms with E-state index in [1.54, 1.807) is 7.11 Å². The van der Waals surface area contributed by atoms with Crippen LogP contribution in [0.4, 0.5) is 4.79 Å². The van der Waals surface area contributed by atoms with Gasteiger partial charge in [-0.15, -0.1) is 0 Å². The molecular formula is C20H26O8. The summed E-state index contributed by atoms with van der Waals surface area (Å²) in [4.78, 5) is 11.8. The zero-order chi connectivity index (χ0) is 19.8. The van der Waals surface area contributed by atoms with E-state index in [0.717, 1.165) is 5.56 Å². The van der Waals surface area contributed by atoms with Gasteiger partial charge in [0.05, 0.1) is 13.2 Å². The molecule has 3 heterocycles. The van der Waals surface area contributed by atoms with Gasteiger partial charge in [-0.1, -0.05) is 30.3 Å². The summed E-state index contributed by atoms with van der Waals surface area (Å²) < 4.78 is 40.2. The molecule has 0 aliphatic carbocycles. The second kappa shape index (κ2) is 7.61. The van der Waals surface area contributed by atoms with Gasteiger partial charge in [0.1, 0.15) is 18.8 Å². The molecule has 0 N–H and O–H groups in total. The van der Waals surface area contributed by atoms with E-state index in [1.807, 2.05) is 44.2 Å². The second-order valence-electron chi connectivity index (χ2n) is 7.74. The van der Waals surface area contributed by atoms with Gasteiger partial charge in [-0.25, -0.2) is 4.79 Å². The fourth-order valence-electron chi connectivity index (χ4n) is 3.86. The van der Waals surface area contributed by atoms with Gasteiger partial charge < -0.3 is 33.2 Å². The molecule has 0 spiro atoms. The average molecular weight is 394 g/mol. The number of carbonyl (C=O) groups is 1. The van der Waals surface area contributed by atoms with E-state index in [-0.39, 0.29) is 6.61 Å². The van der Waals surface area contributed by atoms with Gasteiger partial charge in [-0.2, -0.15) is 0 Å². The monoisotopic (exact) mass is 394 g/mol. The molecule has 4 rings (SSSR count). The first kappa shape index (κ1) is 19.6. The van der Waals surface area contributed by atoms with E-state index in [1.165, 1.54) is 0 Å². The lowest BCUT2D eigenvalue weighted by atomic mass is 9.93. The van der Waals surface area contributed by atoms with E-state index < -0.39 is 42.1 Å². The van der Waals surface area contributed by atoms with E-state index in [0.29, 0.717) is 19.6 Å². The highest BCUT2D eigenvalue weighted by Crippen LogP contribution is 2.41. The first-order valence-electron chi connectivity index (χ1n) is 9.43. The smallest absolute Gasteiger partial charge is 0.427 e. The molecule has 0 radical (unpaired) electrons. The summed E-state index contributed by atoms with van der Waals surface area (Å²) in [5.41, 5.74) is 1.05.